The van der Waals surface area contributed by atoms with E-state index in [4.69, 9.17) is 5.73 Å². The van der Waals surface area contributed by atoms with E-state index in [0.717, 1.165) is 5.56 Å². The maximum absolute atomic E-state index is 12.3. The van der Waals surface area contributed by atoms with Gasteiger partial charge < -0.3 is 16.0 Å². The molecule has 2 amide bonds. The van der Waals surface area contributed by atoms with Gasteiger partial charge >= 0.3 is 0 Å². The second-order valence-corrected chi connectivity index (χ2v) is 5.88. The largest absolute Gasteiger partial charge is 0.346 e. The molecule has 1 unspecified atom stereocenters. The van der Waals surface area contributed by atoms with Crippen LogP contribution in [0, 0.1) is 5.92 Å². The third kappa shape index (κ3) is 3.43. The summed E-state index contributed by atoms with van der Waals surface area (Å²) < 4.78 is 0. The van der Waals surface area contributed by atoms with Gasteiger partial charge in [0.15, 0.2) is 5.82 Å². The summed E-state index contributed by atoms with van der Waals surface area (Å²) >= 11 is 0. The van der Waals surface area contributed by atoms with Gasteiger partial charge in [-0.3, -0.25) is 14.7 Å². The molecule has 0 bridgehead atoms. The number of nitrogens with one attached hydrogen (secondary N) is 2. The van der Waals surface area contributed by atoms with Crippen LogP contribution in [-0.4, -0.2) is 45.5 Å². The number of nitrogens with two attached hydrogens (primary N) is 1. The third-order valence-corrected chi connectivity index (χ3v) is 4.17. The zero-order valence-electron chi connectivity index (χ0n) is 13.5. The molecular formula is C16H20N6O2. The molecular weight excluding hydrogens is 308 g/mol. The van der Waals surface area contributed by atoms with E-state index in [-0.39, 0.29) is 24.2 Å². The lowest BCUT2D eigenvalue weighted by atomic mass is 9.95. The summed E-state index contributed by atoms with van der Waals surface area (Å²) in [6.07, 6.45) is 0.949. The normalized spacial score (nSPS) is 17.8. The average molecular weight is 328 g/mol. The topological polar surface area (TPSA) is 117 Å². The Morgan fingerprint density at radius 2 is 2.17 bits per heavy atom. The molecule has 0 spiro atoms. The number of amides is 2. The van der Waals surface area contributed by atoms with E-state index in [2.05, 4.69) is 20.5 Å². The summed E-state index contributed by atoms with van der Waals surface area (Å²) in [5.41, 5.74) is 7.02. The lowest BCUT2D eigenvalue weighted by Crippen LogP contribution is -2.39. The number of hydrogen-bond acceptors (Lipinski definition) is 5. The van der Waals surface area contributed by atoms with Crippen LogP contribution in [0.25, 0.3) is 11.4 Å². The Bertz CT molecular complexity index is 739. The summed E-state index contributed by atoms with van der Waals surface area (Å²) in [4.78, 5) is 29.9. The fourth-order valence-electron chi connectivity index (χ4n) is 2.63. The van der Waals surface area contributed by atoms with Crippen LogP contribution < -0.4 is 11.1 Å². The van der Waals surface area contributed by atoms with E-state index in [9.17, 15) is 9.59 Å². The highest BCUT2D eigenvalue weighted by Crippen LogP contribution is 2.21. The second-order valence-electron chi connectivity index (χ2n) is 5.88. The van der Waals surface area contributed by atoms with E-state index in [1.807, 2.05) is 12.1 Å². The number of aromatic nitrogens is 3. The Labute approximate surface area is 139 Å². The highest BCUT2D eigenvalue weighted by atomic mass is 16.2. The minimum absolute atomic E-state index is 0.0112. The Morgan fingerprint density at radius 3 is 2.79 bits per heavy atom. The number of nitrogens with zero attached hydrogens (tertiary/aromatic N) is 3. The quantitative estimate of drug-likeness (QED) is 0.765. The third-order valence-electron chi connectivity index (χ3n) is 4.17. The highest BCUT2D eigenvalue weighted by molar-refractivity contribution is 5.95. The molecule has 126 valence electrons. The molecule has 1 aliphatic heterocycles. The number of H-pyrrole nitrogens is 1. The smallest absolute Gasteiger partial charge is 0.228 e. The molecule has 1 aromatic carbocycles. The van der Waals surface area contributed by atoms with Crippen molar-refractivity contribution in [2.75, 3.05) is 18.9 Å². The van der Waals surface area contributed by atoms with Crippen molar-refractivity contribution in [3.8, 4) is 11.4 Å². The predicted octanol–water partition coefficient (Wildman–Crippen LogP) is 0.737. The number of aromatic amines is 1. The highest BCUT2D eigenvalue weighted by Gasteiger charge is 2.28. The van der Waals surface area contributed by atoms with Crippen molar-refractivity contribution < 1.29 is 9.59 Å². The fraction of sp³-hybridized carbons (Fsp3) is 0.375. The number of carbonyl (C=O) groups excluding carboxylic acids is 2. The molecule has 4 N–H and O–H groups in total. The molecule has 2 aromatic rings. The van der Waals surface area contributed by atoms with Crippen molar-refractivity contribution in [3.05, 3.63) is 30.1 Å². The Morgan fingerprint density at radius 1 is 1.42 bits per heavy atom. The molecule has 0 aliphatic carbocycles. The monoisotopic (exact) mass is 328 g/mol. The van der Waals surface area contributed by atoms with Crippen LogP contribution in [0.5, 0.6) is 0 Å². The van der Waals surface area contributed by atoms with Crippen LogP contribution in [0.2, 0.25) is 0 Å². The van der Waals surface area contributed by atoms with Crippen molar-refractivity contribution in [1.82, 2.24) is 20.1 Å². The Balaban J connectivity index is 1.63. The molecule has 8 nitrogen and oxygen atoms in total. The van der Waals surface area contributed by atoms with Gasteiger partial charge in [0.05, 0.1) is 6.54 Å². The SMILES string of the molecule is CN1CCC(C(=O)Nc2ccc(-c3n[nH]c(CN)n3)cc2)CC1=O. The van der Waals surface area contributed by atoms with Gasteiger partial charge in [-0.25, -0.2) is 4.98 Å². The van der Waals surface area contributed by atoms with Gasteiger partial charge in [-0.05, 0) is 30.7 Å². The van der Waals surface area contributed by atoms with Crippen molar-refractivity contribution in [1.29, 1.82) is 0 Å². The van der Waals surface area contributed by atoms with Crippen molar-refractivity contribution in [3.63, 3.8) is 0 Å². The van der Waals surface area contributed by atoms with Crippen LogP contribution in [-0.2, 0) is 16.1 Å². The standard InChI is InChI=1S/C16H20N6O2/c1-22-7-6-11(8-14(22)23)16(24)18-12-4-2-10(3-5-12)15-19-13(9-17)20-21-15/h2-5,11H,6-9,17H2,1H3,(H,18,24)(H,19,20,21). The van der Waals surface area contributed by atoms with Crippen LogP contribution in [0.3, 0.4) is 0 Å². The summed E-state index contributed by atoms with van der Waals surface area (Å²) in [7, 11) is 1.76. The molecule has 8 heteroatoms. The number of likely N-dealkylation sites (tertiary alicyclic amines) is 1. The minimum atomic E-state index is -0.270. The van der Waals surface area contributed by atoms with Crippen LogP contribution >= 0.6 is 0 Å². The van der Waals surface area contributed by atoms with Gasteiger partial charge in [-0.1, -0.05) is 0 Å². The molecule has 2 heterocycles. The second kappa shape index (κ2) is 6.79. The average Bonchev–Trinajstić information content (AvgIpc) is 3.07. The fourth-order valence-corrected chi connectivity index (χ4v) is 2.63. The van der Waals surface area contributed by atoms with Crippen molar-refractivity contribution in [2.24, 2.45) is 11.7 Å². The maximum atomic E-state index is 12.3. The zero-order chi connectivity index (χ0) is 17.1. The van der Waals surface area contributed by atoms with E-state index in [1.54, 1.807) is 24.1 Å². The number of carbonyl (C=O) groups is 2. The summed E-state index contributed by atoms with van der Waals surface area (Å²) in [5, 5.41) is 9.71. The Hall–Kier alpha value is -2.74. The molecule has 1 aromatic heterocycles. The number of anilines is 1. The lowest BCUT2D eigenvalue weighted by Gasteiger charge is -2.27. The van der Waals surface area contributed by atoms with Crippen LogP contribution in [0.15, 0.2) is 24.3 Å². The summed E-state index contributed by atoms with van der Waals surface area (Å²) in [6.45, 7) is 0.917. The van der Waals surface area contributed by atoms with Gasteiger partial charge in [-0.2, -0.15) is 5.10 Å². The van der Waals surface area contributed by atoms with E-state index < -0.39 is 0 Å². The first-order valence-corrected chi connectivity index (χ1v) is 7.83. The number of hydrogen-bond donors (Lipinski definition) is 3. The Kier molecular flexibility index (Phi) is 4.57. The number of benzene rings is 1. The number of piperidine rings is 1. The van der Waals surface area contributed by atoms with E-state index in [1.165, 1.54) is 0 Å². The predicted molar refractivity (Wildman–Crippen MR) is 88.7 cm³/mol. The van der Waals surface area contributed by atoms with Crippen LogP contribution in [0.4, 0.5) is 5.69 Å². The molecule has 0 radical (unpaired) electrons. The molecule has 1 saturated heterocycles. The molecule has 1 fully saturated rings. The van der Waals surface area contributed by atoms with E-state index in [0.29, 0.717) is 36.8 Å². The molecule has 24 heavy (non-hydrogen) atoms. The molecule has 1 atom stereocenters. The lowest BCUT2D eigenvalue weighted by molar-refractivity contribution is -0.137. The van der Waals surface area contributed by atoms with E-state index >= 15 is 0 Å². The number of rotatable bonds is 4. The van der Waals surface area contributed by atoms with Gasteiger partial charge in [-0.15, -0.1) is 0 Å². The van der Waals surface area contributed by atoms with Gasteiger partial charge in [0.2, 0.25) is 11.8 Å². The first-order valence-electron chi connectivity index (χ1n) is 7.83. The first-order chi connectivity index (χ1) is 11.6. The van der Waals surface area contributed by atoms with Crippen molar-refractivity contribution in [2.45, 2.75) is 19.4 Å². The van der Waals surface area contributed by atoms with Gasteiger partial charge in [0, 0.05) is 37.2 Å². The zero-order valence-corrected chi connectivity index (χ0v) is 13.5. The van der Waals surface area contributed by atoms with Crippen molar-refractivity contribution >= 4 is 17.5 Å². The molecule has 1 aliphatic rings. The van der Waals surface area contributed by atoms with Gasteiger partial charge in [0.1, 0.15) is 5.82 Å². The first kappa shape index (κ1) is 16.1. The molecule has 0 saturated carbocycles. The minimum Gasteiger partial charge on any atom is -0.346 e. The summed E-state index contributed by atoms with van der Waals surface area (Å²) in [6, 6.07) is 7.25. The van der Waals surface area contributed by atoms with Crippen LogP contribution in [0.1, 0.15) is 18.7 Å². The maximum Gasteiger partial charge on any atom is 0.228 e. The summed E-state index contributed by atoms with van der Waals surface area (Å²) in [5.74, 6) is 0.807. The van der Waals surface area contributed by atoms with Gasteiger partial charge in [0.25, 0.3) is 0 Å². The molecule has 3 rings (SSSR count).